The summed E-state index contributed by atoms with van der Waals surface area (Å²) in [6, 6.07) is 4.95. The molecule has 8 nitrogen and oxygen atoms in total. The van der Waals surface area contributed by atoms with Crippen molar-refractivity contribution in [2.75, 3.05) is 16.8 Å². The number of carbonyl (C=O) groups excluding carboxylic acids is 2. The van der Waals surface area contributed by atoms with Crippen LogP contribution < -0.4 is 15.0 Å². The molecule has 11 heteroatoms. The van der Waals surface area contributed by atoms with Crippen molar-refractivity contribution in [3.63, 3.8) is 0 Å². The molecule has 1 atom stereocenters. The van der Waals surface area contributed by atoms with Gasteiger partial charge in [-0.2, -0.15) is 0 Å². The number of amides is 2. The van der Waals surface area contributed by atoms with E-state index in [1.54, 1.807) is 6.92 Å². The van der Waals surface area contributed by atoms with Crippen LogP contribution in [-0.2, 0) is 9.59 Å². The Morgan fingerprint density at radius 3 is 2.67 bits per heavy atom. The number of hydrogen-bond donors (Lipinski definition) is 1. The molecule has 144 valence electrons. The highest BCUT2D eigenvalue weighted by Crippen LogP contribution is 2.33. The van der Waals surface area contributed by atoms with Crippen molar-refractivity contribution < 1.29 is 31.9 Å². The highest BCUT2D eigenvalue weighted by molar-refractivity contribution is 5.96. The fourth-order valence-electron chi connectivity index (χ4n) is 2.61. The maximum absolute atomic E-state index is 12.3. The molecule has 0 aliphatic carbocycles. The molecular weight excluding hydrogens is 369 g/mol. The van der Waals surface area contributed by atoms with E-state index in [1.807, 2.05) is 0 Å². The van der Waals surface area contributed by atoms with Gasteiger partial charge in [-0.15, -0.1) is 18.3 Å². The van der Waals surface area contributed by atoms with Crippen molar-refractivity contribution in [3.05, 3.63) is 30.2 Å². The molecule has 3 rings (SSSR count). The third kappa shape index (κ3) is 4.54. The topological polar surface area (TPSA) is 97.6 Å². The van der Waals surface area contributed by atoms with Gasteiger partial charge in [0.1, 0.15) is 5.75 Å². The maximum Gasteiger partial charge on any atom is 0.573 e. The predicted molar refractivity (Wildman–Crippen MR) is 86.1 cm³/mol. The lowest BCUT2D eigenvalue weighted by molar-refractivity contribution is -0.274. The summed E-state index contributed by atoms with van der Waals surface area (Å²) in [5, 5.41) is 9.99. The number of aromatic nitrogens is 2. The smallest absolute Gasteiger partial charge is 0.407 e. The number of halogens is 3. The minimum absolute atomic E-state index is 0.0450. The predicted octanol–water partition coefficient (Wildman–Crippen LogP) is 2.84. The van der Waals surface area contributed by atoms with Crippen LogP contribution in [0.1, 0.15) is 31.6 Å². The molecule has 1 aliphatic rings. The van der Waals surface area contributed by atoms with Crippen LogP contribution >= 0.6 is 0 Å². The number of rotatable bonds is 5. The van der Waals surface area contributed by atoms with Gasteiger partial charge in [-0.05, 0) is 24.3 Å². The third-order valence-corrected chi connectivity index (χ3v) is 3.86. The molecule has 1 aromatic heterocycles. The van der Waals surface area contributed by atoms with E-state index < -0.39 is 6.36 Å². The summed E-state index contributed by atoms with van der Waals surface area (Å²) in [7, 11) is 0. The minimum Gasteiger partial charge on any atom is -0.407 e. The molecule has 1 saturated heterocycles. The van der Waals surface area contributed by atoms with Crippen molar-refractivity contribution >= 4 is 23.5 Å². The number of alkyl halides is 3. The second-order valence-corrected chi connectivity index (χ2v) is 5.79. The average Bonchev–Trinajstić information content (AvgIpc) is 3.21. The Kier molecular flexibility index (Phi) is 5.02. The molecule has 0 radical (unpaired) electrons. The zero-order valence-electron chi connectivity index (χ0n) is 14.1. The van der Waals surface area contributed by atoms with Gasteiger partial charge < -0.3 is 14.1 Å². The van der Waals surface area contributed by atoms with E-state index in [1.165, 1.54) is 17.0 Å². The molecule has 1 N–H and O–H groups in total. The fraction of sp³-hybridized carbons (Fsp3) is 0.375. The molecule has 27 heavy (non-hydrogen) atoms. The first-order chi connectivity index (χ1) is 12.7. The number of nitrogens with zero attached hydrogens (tertiary/aromatic N) is 3. The molecular formula is C16H15F3N4O4. The van der Waals surface area contributed by atoms with Crippen molar-refractivity contribution in [1.82, 2.24) is 10.2 Å². The Morgan fingerprint density at radius 2 is 2.04 bits per heavy atom. The van der Waals surface area contributed by atoms with Crippen LogP contribution in [0.2, 0.25) is 0 Å². The molecule has 2 heterocycles. The number of anilines is 2. The number of carbonyl (C=O) groups is 2. The Labute approximate surface area is 151 Å². The quantitative estimate of drug-likeness (QED) is 0.851. The van der Waals surface area contributed by atoms with E-state index in [-0.39, 0.29) is 54.8 Å². The molecule has 0 bridgehead atoms. The summed E-state index contributed by atoms with van der Waals surface area (Å²) >= 11 is 0. The van der Waals surface area contributed by atoms with E-state index in [0.29, 0.717) is 5.69 Å². The second-order valence-electron chi connectivity index (χ2n) is 5.79. The van der Waals surface area contributed by atoms with Crippen molar-refractivity contribution in [1.29, 1.82) is 0 Å². The van der Waals surface area contributed by atoms with Crippen LogP contribution in [0.15, 0.2) is 28.7 Å². The number of hydrogen-bond acceptors (Lipinski definition) is 6. The highest BCUT2D eigenvalue weighted by Gasteiger charge is 2.35. The summed E-state index contributed by atoms with van der Waals surface area (Å²) in [5.41, 5.74) is 0.427. The average molecular weight is 384 g/mol. The van der Waals surface area contributed by atoms with Crippen molar-refractivity contribution in [3.8, 4) is 5.75 Å². The van der Waals surface area contributed by atoms with Crippen LogP contribution in [0.4, 0.5) is 24.9 Å². The summed E-state index contributed by atoms with van der Waals surface area (Å²) in [6.07, 6.45) is -4.43. The first-order valence-electron chi connectivity index (χ1n) is 8.04. The number of nitrogens with one attached hydrogen (secondary N) is 1. The molecule has 0 saturated carbocycles. The first-order valence-corrected chi connectivity index (χ1v) is 8.04. The van der Waals surface area contributed by atoms with Crippen molar-refractivity contribution in [2.24, 2.45) is 0 Å². The maximum atomic E-state index is 12.3. The molecule has 2 aromatic rings. The second kappa shape index (κ2) is 7.25. The van der Waals surface area contributed by atoms with E-state index in [4.69, 9.17) is 4.42 Å². The van der Waals surface area contributed by atoms with E-state index in [2.05, 4.69) is 20.3 Å². The molecule has 1 fully saturated rings. The zero-order valence-corrected chi connectivity index (χ0v) is 14.1. The van der Waals surface area contributed by atoms with Gasteiger partial charge in [-0.25, -0.2) is 0 Å². The summed E-state index contributed by atoms with van der Waals surface area (Å²) in [4.78, 5) is 25.0. The lowest BCUT2D eigenvalue weighted by Crippen LogP contribution is -2.24. The van der Waals surface area contributed by atoms with Gasteiger partial charge in [0.15, 0.2) is 0 Å². The first kappa shape index (κ1) is 18.7. The largest absolute Gasteiger partial charge is 0.573 e. The number of benzene rings is 1. The van der Waals surface area contributed by atoms with Crippen LogP contribution in [0.25, 0.3) is 0 Å². The molecule has 0 unspecified atom stereocenters. The van der Waals surface area contributed by atoms with Crippen LogP contribution in [0.5, 0.6) is 5.75 Å². The standard InChI is InChI=1S/C16H15F3N4O4/c1-2-12(24)20-15-22-21-14(26-15)9-7-13(25)23(8-9)10-3-5-11(6-4-10)27-16(17,18)19/h3-6,9H,2,7-8H2,1H3,(H,20,22,24)/t9-/m1/s1. The fourth-order valence-corrected chi connectivity index (χ4v) is 2.61. The van der Waals surface area contributed by atoms with Crippen LogP contribution in [0, 0.1) is 0 Å². The number of ether oxygens (including phenoxy) is 1. The lowest BCUT2D eigenvalue weighted by atomic mass is 10.1. The van der Waals surface area contributed by atoms with Crippen LogP contribution in [0.3, 0.4) is 0 Å². The minimum atomic E-state index is -4.78. The normalized spacial score (nSPS) is 17.3. The SMILES string of the molecule is CCC(=O)Nc1nnc([C@@H]2CC(=O)N(c3ccc(OC(F)(F)F)cc3)C2)o1. The summed E-state index contributed by atoms with van der Waals surface area (Å²) < 4.78 is 45.8. The third-order valence-electron chi connectivity index (χ3n) is 3.86. The zero-order chi connectivity index (χ0) is 19.6. The van der Waals surface area contributed by atoms with Gasteiger partial charge in [0, 0.05) is 25.1 Å². The summed E-state index contributed by atoms with van der Waals surface area (Å²) in [5.74, 6) is -1.07. The van der Waals surface area contributed by atoms with E-state index in [0.717, 1.165) is 12.1 Å². The molecule has 2 amide bonds. The van der Waals surface area contributed by atoms with Gasteiger partial charge in [-0.1, -0.05) is 12.0 Å². The highest BCUT2D eigenvalue weighted by atomic mass is 19.4. The van der Waals surface area contributed by atoms with Gasteiger partial charge in [0.25, 0.3) is 0 Å². The Hall–Kier alpha value is -3.11. The van der Waals surface area contributed by atoms with Gasteiger partial charge >= 0.3 is 12.4 Å². The van der Waals surface area contributed by atoms with Crippen LogP contribution in [-0.4, -0.2) is 34.9 Å². The van der Waals surface area contributed by atoms with Crippen molar-refractivity contribution in [2.45, 2.75) is 32.0 Å². The lowest BCUT2D eigenvalue weighted by Gasteiger charge is -2.17. The Balaban J connectivity index is 1.68. The van der Waals surface area contributed by atoms with Gasteiger partial charge in [0.2, 0.25) is 17.7 Å². The van der Waals surface area contributed by atoms with Gasteiger partial charge in [0.05, 0.1) is 5.92 Å². The Morgan fingerprint density at radius 1 is 1.33 bits per heavy atom. The Bertz CT molecular complexity index is 835. The van der Waals surface area contributed by atoms with E-state index in [9.17, 15) is 22.8 Å². The van der Waals surface area contributed by atoms with E-state index >= 15 is 0 Å². The molecule has 0 spiro atoms. The monoisotopic (exact) mass is 384 g/mol. The summed E-state index contributed by atoms with van der Waals surface area (Å²) in [6.45, 7) is 1.90. The molecule has 1 aliphatic heterocycles. The van der Waals surface area contributed by atoms with Gasteiger partial charge in [-0.3, -0.25) is 14.9 Å². The molecule has 1 aromatic carbocycles.